The summed E-state index contributed by atoms with van der Waals surface area (Å²) in [5, 5.41) is 29.5. The summed E-state index contributed by atoms with van der Waals surface area (Å²) in [6.07, 6.45) is 7.71. The number of anilines is 1. The molecule has 10 heteroatoms. The monoisotopic (exact) mass is 835 g/mol. The molecule has 2 aliphatic carbocycles. The highest BCUT2D eigenvalue weighted by Gasteiger charge is 2.52. The molecule has 1 spiro atoms. The molecule has 4 aromatic rings. The second kappa shape index (κ2) is 16.7. The fourth-order valence-corrected chi connectivity index (χ4v) is 11.3. The number of hydrogen-bond donors (Lipinski definition) is 5. The Morgan fingerprint density at radius 3 is 2.61 bits per heavy atom. The van der Waals surface area contributed by atoms with Gasteiger partial charge in [-0.3, -0.25) is 4.79 Å². The van der Waals surface area contributed by atoms with Crippen LogP contribution in [0.1, 0.15) is 98.3 Å². The molecule has 4 bridgehead atoms. The number of benzene rings is 4. The zero-order valence-electron chi connectivity index (χ0n) is 36.3. The van der Waals surface area contributed by atoms with Crippen LogP contribution in [-0.2, 0) is 34.2 Å². The van der Waals surface area contributed by atoms with Crippen LogP contribution in [0.4, 0.5) is 5.69 Å². The van der Waals surface area contributed by atoms with Crippen LogP contribution in [0, 0.1) is 23.7 Å². The van der Waals surface area contributed by atoms with Gasteiger partial charge >= 0.3 is 5.97 Å². The Morgan fingerprint density at radius 1 is 1.02 bits per heavy atom. The number of dihydropyridines is 1. The number of esters is 1. The third-order valence-corrected chi connectivity index (χ3v) is 14.1. The second-order valence-corrected chi connectivity index (χ2v) is 17.6. The maximum absolute atomic E-state index is 12.5. The molecule has 322 valence electrons. The molecular formula is C52H57N3O7. The molecule has 0 saturated heterocycles. The van der Waals surface area contributed by atoms with Gasteiger partial charge in [0.2, 0.25) is 0 Å². The second-order valence-electron chi connectivity index (χ2n) is 17.6. The largest absolute Gasteiger partial charge is 0.508 e. The minimum atomic E-state index is -0.583. The van der Waals surface area contributed by atoms with Gasteiger partial charge in [-0.15, -0.1) is 0 Å². The lowest BCUT2D eigenvalue weighted by atomic mass is 9.64. The minimum absolute atomic E-state index is 0.00440. The molecule has 1 fully saturated rings. The van der Waals surface area contributed by atoms with Crippen molar-refractivity contribution in [3.05, 3.63) is 117 Å². The lowest BCUT2D eigenvalue weighted by Crippen LogP contribution is -2.42. The topological polar surface area (TPSA) is 145 Å². The molecule has 4 aromatic carbocycles. The van der Waals surface area contributed by atoms with E-state index in [1.807, 2.05) is 12.1 Å². The molecule has 6 atom stereocenters. The summed E-state index contributed by atoms with van der Waals surface area (Å²) in [5.74, 6) is 8.63. The SMILES string of the molecule is CCNc1ccccc1CCC1C2=C(C#CCc3cc(O)c(OC)cc3C3Oc4c(ccc5c4C4(CCC1C4)Cc1cc(O)cc(OC)c1-5)C3COC(C)=O)NC(N)C(CC)=C2. The van der Waals surface area contributed by atoms with Gasteiger partial charge in [-0.05, 0) is 127 Å². The van der Waals surface area contributed by atoms with Gasteiger partial charge in [-0.2, -0.15) is 0 Å². The van der Waals surface area contributed by atoms with E-state index in [2.05, 4.69) is 78.8 Å². The lowest BCUT2D eigenvalue weighted by Gasteiger charge is -2.40. The molecule has 5 aliphatic rings. The Balaban J connectivity index is 1.29. The molecule has 3 aliphatic heterocycles. The van der Waals surface area contributed by atoms with Crippen LogP contribution >= 0.6 is 0 Å². The third kappa shape index (κ3) is 7.20. The van der Waals surface area contributed by atoms with E-state index < -0.39 is 6.10 Å². The quantitative estimate of drug-likeness (QED) is 0.0777. The number of fused-ring (bicyclic) bond motifs is 6. The summed E-state index contributed by atoms with van der Waals surface area (Å²) >= 11 is 0. The van der Waals surface area contributed by atoms with E-state index in [0.717, 1.165) is 107 Å². The number of phenols is 2. The number of rotatable bonds is 10. The number of nitrogens with one attached hydrogen (secondary N) is 2. The van der Waals surface area contributed by atoms with Crippen molar-refractivity contribution in [2.45, 2.75) is 95.7 Å². The number of carbonyl (C=O) groups excluding carboxylic acids is 1. The number of carbonyl (C=O) groups is 1. The van der Waals surface area contributed by atoms with E-state index in [9.17, 15) is 15.0 Å². The first kappa shape index (κ1) is 41.3. The van der Waals surface area contributed by atoms with Crippen molar-refractivity contribution in [3.8, 4) is 51.7 Å². The Kier molecular flexibility index (Phi) is 11.1. The van der Waals surface area contributed by atoms with E-state index in [-0.39, 0.29) is 53.4 Å². The minimum Gasteiger partial charge on any atom is -0.508 e. The van der Waals surface area contributed by atoms with Crippen LogP contribution in [0.3, 0.4) is 0 Å². The zero-order valence-corrected chi connectivity index (χ0v) is 36.3. The van der Waals surface area contributed by atoms with Crippen LogP contribution < -0.4 is 30.6 Å². The number of aromatic hydroxyl groups is 2. The number of nitrogens with two attached hydrogens (primary N) is 1. The van der Waals surface area contributed by atoms with Crippen LogP contribution in [0.2, 0.25) is 0 Å². The van der Waals surface area contributed by atoms with Gasteiger partial charge in [0.1, 0.15) is 30.0 Å². The van der Waals surface area contributed by atoms with E-state index in [1.54, 1.807) is 19.2 Å². The molecular weight excluding hydrogens is 779 g/mol. The van der Waals surface area contributed by atoms with Gasteiger partial charge in [0, 0.05) is 59.3 Å². The molecule has 0 radical (unpaired) electrons. The van der Waals surface area contributed by atoms with E-state index in [0.29, 0.717) is 24.3 Å². The fourth-order valence-electron chi connectivity index (χ4n) is 11.3. The Hall–Kier alpha value is -6.05. The van der Waals surface area contributed by atoms with Crippen molar-refractivity contribution in [2.24, 2.45) is 17.6 Å². The van der Waals surface area contributed by atoms with Crippen LogP contribution in [0.25, 0.3) is 11.1 Å². The molecule has 6 N–H and O–H groups in total. The predicted molar refractivity (Wildman–Crippen MR) is 241 cm³/mol. The molecule has 0 amide bonds. The first-order valence-electron chi connectivity index (χ1n) is 22.1. The molecule has 3 heterocycles. The summed E-state index contributed by atoms with van der Waals surface area (Å²) in [5.41, 5.74) is 18.8. The summed E-state index contributed by atoms with van der Waals surface area (Å²) in [6.45, 7) is 6.65. The summed E-state index contributed by atoms with van der Waals surface area (Å²) in [6, 6.07) is 20.1. The van der Waals surface area contributed by atoms with Crippen molar-refractivity contribution in [3.63, 3.8) is 0 Å². The van der Waals surface area contributed by atoms with Crippen molar-refractivity contribution < 1.29 is 34.0 Å². The smallest absolute Gasteiger partial charge is 0.302 e. The van der Waals surface area contributed by atoms with Gasteiger partial charge in [-0.1, -0.05) is 49.3 Å². The molecule has 0 aromatic heterocycles. The number of allylic oxidation sites excluding steroid dienone is 3. The van der Waals surface area contributed by atoms with E-state index in [4.69, 9.17) is 24.7 Å². The fraction of sp³-hybridized carbons (Fsp3) is 0.404. The van der Waals surface area contributed by atoms with Gasteiger partial charge in [0.05, 0.1) is 32.0 Å². The standard InChI is InChI=1S/C52H57N3O7/c1-6-30-22-40-36(16-15-31-11-8-9-13-42(31)54-7-2)33-19-20-52(26-33)27-34-21-35(57)24-46(60-5)47(34)38-18-17-37-41(28-61-29(3)56)49(62-50(37)48(38)52)39-25-45(59-4)44(58)23-32(39)12-10-14-43(40)55-51(30)53/h8-9,11,13,17-18,21-25,33,36,41,49,51,54-55,57-58H,6-7,12,15-16,19-20,26-28,53H2,1-5H3. The van der Waals surface area contributed by atoms with Gasteiger partial charge in [-0.25, -0.2) is 0 Å². The lowest BCUT2D eigenvalue weighted by molar-refractivity contribution is -0.141. The molecule has 9 rings (SSSR count). The zero-order chi connectivity index (χ0) is 43.3. The number of aryl methyl sites for hydroxylation is 1. The number of para-hydroxylation sites is 1. The summed E-state index contributed by atoms with van der Waals surface area (Å²) in [7, 11) is 3.18. The average molecular weight is 836 g/mol. The Bertz CT molecular complexity index is 2570. The number of phenolic OH excluding ortho intramolecular Hbond substituents is 2. The Morgan fingerprint density at radius 2 is 1.84 bits per heavy atom. The maximum Gasteiger partial charge on any atom is 0.302 e. The van der Waals surface area contributed by atoms with Crippen LogP contribution in [0.15, 0.2) is 83.6 Å². The number of methoxy groups -OCH3 is 2. The van der Waals surface area contributed by atoms with Crippen molar-refractivity contribution in [1.29, 1.82) is 0 Å². The summed E-state index contributed by atoms with van der Waals surface area (Å²) in [4.78, 5) is 12.5. The Labute approximate surface area is 364 Å². The van der Waals surface area contributed by atoms with Crippen molar-refractivity contribution in [2.75, 3.05) is 32.7 Å². The number of hydrogen-bond acceptors (Lipinski definition) is 10. The molecule has 62 heavy (non-hydrogen) atoms. The van der Waals surface area contributed by atoms with Crippen LogP contribution in [-0.4, -0.2) is 49.7 Å². The van der Waals surface area contributed by atoms with Gasteiger partial charge < -0.3 is 45.5 Å². The highest BCUT2D eigenvalue weighted by atomic mass is 16.5. The van der Waals surface area contributed by atoms with Crippen LogP contribution in [0.5, 0.6) is 28.7 Å². The molecule has 6 unspecified atom stereocenters. The molecule has 1 saturated carbocycles. The third-order valence-electron chi connectivity index (χ3n) is 14.1. The van der Waals surface area contributed by atoms with E-state index >= 15 is 0 Å². The molecule has 10 nitrogen and oxygen atoms in total. The van der Waals surface area contributed by atoms with Crippen molar-refractivity contribution >= 4 is 11.7 Å². The highest BCUT2D eigenvalue weighted by molar-refractivity contribution is 5.84. The van der Waals surface area contributed by atoms with E-state index in [1.165, 1.54) is 25.2 Å². The number of ether oxygens (including phenoxy) is 4. The maximum atomic E-state index is 12.5. The summed E-state index contributed by atoms with van der Waals surface area (Å²) < 4.78 is 24.9. The van der Waals surface area contributed by atoms with Gasteiger partial charge in [0.25, 0.3) is 0 Å². The highest BCUT2D eigenvalue weighted by Crippen LogP contribution is 2.63. The predicted octanol–water partition coefficient (Wildman–Crippen LogP) is 8.88. The average Bonchev–Trinajstić information content (AvgIpc) is 3.84. The van der Waals surface area contributed by atoms with Crippen molar-refractivity contribution in [1.82, 2.24) is 5.32 Å². The first-order valence-corrected chi connectivity index (χ1v) is 22.1. The first-order chi connectivity index (χ1) is 30.1. The van der Waals surface area contributed by atoms with Gasteiger partial charge in [0.15, 0.2) is 11.5 Å². The normalized spacial score (nSPS) is 24.0.